The number of nitrogens with zero attached hydrogens (tertiary/aromatic N) is 1. The summed E-state index contributed by atoms with van der Waals surface area (Å²) < 4.78 is 19.6. The molecule has 0 aromatic heterocycles. The van der Waals surface area contributed by atoms with E-state index in [0.717, 1.165) is 18.7 Å². The Morgan fingerprint density at radius 1 is 1.30 bits per heavy atom. The van der Waals surface area contributed by atoms with Crippen molar-refractivity contribution >= 4 is 5.69 Å². The van der Waals surface area contributed by atoms with Crippen LogP contribution < -0.4 is 10.2 Å². The van der Waals surface area contributed by atoms with Crippen molar-refractivity contribution < 1.29 is 9.13 Å². The van der Waals surface area contributed by atoms with E-state index >= 15 is 0 Å². The molecular formula is C16H27FN2O. The third-order valence-electron chi connectivity index (χ3n) is 3.56. The quantitative estimate of drug-likeness (QED) is 0.791. The molecule has 3 nitrogen and oxygen atoms in total. The number of ether oxygens (including phenoxy) is 1. The third kappa shape index (κ3) is 3.93. The molecule has 0 spiro atoms. The van der Waals surface area contributed by atoms with E-state index in [1.165, 1.54) is 6.07 Å². The van der Waals surface area contributed by atoms with Gasteiger partial charge < -0.3 is 15.0 Å². The van der Waals surface area contributed by atoms with E-state index in [4.69, 9.17) is 4.74 Å². The highest BCUT2D eigenvalue weighted by Gasteiger charge is 2.22. The summed E-state index contributed by atoms with van der Waals surface area (Å²) in [4.78, 5) is 2.07. The first-order chi connectivity index (χ1) is 9.56. The number of hydrogen-bond donors (Lipinski definition) is 1. The van der Waals surface area contributed by atoms with E-state index in [9.17, 15) is 4.39 Å². The monoisotopic (exact) mass is 282 g/mol. The summed E-state index contributed by atoms with van der Waals surface area (Å²) in [6.45, 7) is 10.4. The lowest BCUT2D eigenvalue weighted by Gasteiger charge is -2.33. The third-order valence-corrected chi connectivity index (χ3v) is 3.56. The van der Waals surface area contributed by atoms with Crippen LogP contribution in [0.3, 0.4) is 0 Å². The van der Waals surface area contributed by atoms with Crippen molar-refractivity contribution in [2.24, 2.45) is 0 Å². The van der Waals surface area contributed by atoms with Crippen LogP contribution in [0.25, 0.3) is 0 Å². The molecule has 0 bridgehead atoms. The van der Waals surface area contributed by atoms with Gasteiger partial charge in [0.15, 0.2) is 0 Å². The minimum Gasteiger partial charge on any atom is -0.383 e. The topological polar surface area (TPSA) is 24.5 Å². The highest BCUT2D eigenvalue weighted by molar-refractivity contribution is 5.56. The van der Waals surface area contributed by atoms with Gasteiger partial charge in [-0.05, 0) is 38.9 Å². The van der Waals surface area contributed by atoms with Gasteiger partial charge in [-0.25, -0.2) is 4.39 Å². The van der Waals surface area contributed by atoms with Crippen LogP contribution in [0.1, 0.15) is 39.3 Å². The van der Waals surface area contributed by atoms with Crippen molar-refractivity contribution in [2.45, 2.75) is 39.8 Å². The second-order valence-corrected chi connectivity index (χ2v) is 5.05. The van der Waals surface area contributed by atoms with Crippen LogP contribution in [0, 0.1) is 5.82 Å². The number of halogens is 1. The smallest absolute Gasteiger partial charge is 0.146 e. The first-order valence-corrected chi connectivity index (χ1v) is 7.34. The van der Waals surface area contributed by atoms with Crippen LogP contribution in [-0.4, -0.2) is 32.8 Å². The lowest BCUT2D eigenvalue weighted by molar-refractivity contribution is 0.181. The van der Waals surface area contributed by atoms with E-state index in [0.29, 0.717) is 12.3 Å². The van der Waals surface area contributed by atoms with Crippen LogP contribution in [0.4, 0.5) is 10.1 Å². The van der Waals surface area contributed by atoms with Gasteiger partial charge >= 0.3 is 0 Å². The Kier molecular flexibility index (Phi) is 6.96. The molecule has 0 aliphatic heterocycles. The summed E-state index contributed by atoms with van der Waals surface area (Å²) in [5.74, 6) is -0.169. The predicted molar refractivity (Wildman–Crippen MR) is 82.8 cm³/mol. The molecule has 0 aliphatic carbocycles. The maximum atomic E-state index is 14.4. The highest BCUT2D eigenvalue weighted by atomic mass is 19.1. The van der Waals surface area contributed by atoms with Crippen molar-refractivity contribution in [2.75, 3.05) is 31.7 Å². The van der Waals surface area contributed by atoms with Crippen molar-refractivity contribution in [3.63, 3.8) is 0 Å². The zero-order valence-corrected chi connectivity index (χ0v) is 13.2. The molecule has 0 amide bonds. The molecule has 1 rings (SSSR count). The summed E-state index contributed by atoms with van der Waals surface area (Å²) >= 11 is 0. The first kappa shape index (κ1) is 16.9. The lowest BCUT2D eigenvalue weighted by Crippen LogP contribution is -2.38. The van der Waals surface area contributed by atoms with Gasteiger partial charge in [0, 0.05) is 25.7 Å². The molecule has 0 fully saturated rings. The summed E-state index contributed by atoms with van der Waals surface area (Å²) in [7, 11) is 1.67. The van der Waals surface area contributed by atoms with Crippen LogP contribution >= 0.6 is 0 Å². The van der Waals surface area contributed by atoms with Crippen LogP contribution in [-0.2, 0) is 4.74 Å². The molecule has 1 N–H and O–H groups in total. The van der Waals surface area contributed by atoms with Crippen LogP contribution in [0.2, 0.25) is 0 Å². The van der Waals surface area contributed by atoms with Gasteiger partial charge in [0.2, 0.25) is 0 Å². The van der Waals surface area contributed by atoms with Gasteiger partial charge in [-0.1, -0.05) is 19.1 Å². The van der Waals surface area contributed by atoms with E-state index in [2.05, 4.69) is 31.0 Å². The zero-order chi connectivity index (χ0) is 15.1. The number of likely N-dealkylation sites (N-methyl/N-ethyl adjacent to an activating group) is 1. The Morgan fingerprint density at radius 3 is 2.55 bits per heavy atom. The Bertz CT molecular complexity index is 411. The fourth-order valence-corrected chi connectivity index (χ4v) is 2.62. The second-order valence-electron chi connectivity index (χ2n) is 5.05. The molecular weight excluding hydrogens is 255 g/mol. The largest absolute Gasteiger partial charge is 0.383 e. The minimum absolute atomic E-state index is 0.120. The van der Waals surface area contributed by atoms with Gasteiger partial charge in [0.1, 0.15) is 5.82 Å². The zero-order valence-electron chi connectivity index (χ0n) is 13.2. The molecule has 0 aliphatic rings. The standard InChI is InChI=1S/C16H27FN2O/c1-6-18-13(4)14-9-8-10-15(17)16(14)19(7-2)12(3)11-20-5/h8-10,12-13,18H,6-7,11H2,1-5H3. The van der Waals surface area contributed by atoms with E-state index in [1.807, 2.05) is 13.0 Å². The number of rotatable bonds is 8. The maximum absolute atomic E-state index is 14.4. The first-order valence-electron chi connectivity index (χ1n) is 7.34. The van der Waals surface area contributed by atoms with E-state index in [1.54, 1.807) is 13.2 Å². The SMILES string of the molecule is CCNC(C)c1cccc(F)c1N(CC)C(C)COC. The highest BCUT2D eigenvalue weighted by Crippen LogP contribution is 2.30. The minimum atomic E-state index is -0.169. The van der Waals surface area contributed by atoms with Gasteiger partial charge in [0.05, 0.1) is 12.3 Å². The predicted octanol–water partition coefficient (Wildman–Crippen LogP) is 3.36. The number of benzene rings is 1. The summed E-state index contributed by atoms with van der Waals surface area (Å²) in [6, 6.07) is 5.55. The van der Waals surface area contributed by atoms with Crippen molar-refractivity contribution in [3.8, 4) is 0 Å². The molecule has 0 radical (unpaired) electrons. The molecule has 2 unspecified atom stereocenters. The maximum Gasteiger partial charge on any atom is 0.146 e. The molecule has 4 heteroatoms. The Labute approximate surface area is 122 Å². The van der Waals surface area contributed by atoms with E-state index < -0.39 is 0 Å². The van der Waals surface area contributed by atoms with Crippen molar-refractivity contribution in [1.82, 2.24) is 5.32 Å². The molecule has 0 saturated carbocycles. The number of hydrogen-bond acceptors (Lipinski definition) is 3. The lowest BCUT2D eigenvalue weighted by atomic mass is 10.0. The molecule has 2 atom stereocenters. The molecule has 114 valence electrons. The number of nitrogens with one attached hydrogen (secondary N) is 1. The summed E-state index contributed by atoms with van der Waals surface area (Å²) in [6.07, 6.45) is 0. The van der Waals surface area contributed by atoms with Crippen LogP contribution in [0.15, 0.2) is 18.2 Å². The number of methoxy groups -OCH3 is 1. The fraction of sp³-hybridized carbons (Fsp3) is 0.625. The summed E-state index contributed by atoms with van der Waals surface area (Å²) in [5.41, 5.74) is 1.68. The normalized spacial score (nSPS) is 14.1. The molecule has 0 heterocycles. The van der Waals surface area contributed by atoms with Gasteiger partial charge in [0.25, 0.3) is 0 Å². The van der Waals surface area contributed by atoms with Crippen molar-refractivity contribution in [1.29, 1.82) is 0 Å². The number of para-hydroxylation sites is 1. The average molecular weight is 282 g/mol. The average Bonchev–Trinajstić information content (AvgIpc) is 2.41. The van der Waals surface area contributed by atoms with Crippen molar-refractivity contribution in [3.05, 3.63) is 29.6 Å². The Hall–Kier alpha value is -1.13. The fourth-order valence-electron chi connectivity index (χ4n) is 2.62. The second kappa shape index (κ2) is 8.22. The molecule has 20 heavy (non-hydrogen) atoms. The molecule has 1 aromatic carbocycles. The summed E-state index contributed by atoms with van der Waals surface area (Å²) in [5, 5.41) is 3.35. The molecule has 0 saturated heterocycles. The number of anilines is 1. The Morgan fingerprint density at radius 2 is 2.00 bits per heavy atom. The Balaban J connectivity index is 3.18. The van der Waals surface area contributed by atoms with Gasteiger partial charge in [-0.15, -0.1) is 0 Å². The van der Waals surface area contributed by atoms with E-state index in [-0.39, 0.29) is 17.9 Å². The van der Waals surface area contributed by atoms with Gasteiger partial charge in [-0.3, -0.25) is 0 Å². The molecule has 1 aromatic rings. The van der Waals surface area contributed by atoms with Crippen LogP contribution in [0.5, 0.6) is 0 Å². The van der Waals surface area contributed by atoms with Gasteiger partial charge in [-0.2, -0.15) is 0 Å².